The quantitative estimate of drug-likeness (QED) is 0.807. The van der Waals surface area contributed by atoms with Crippen molar-refractivity contribution in [2.75, 3.05) is 19.5 Å². The Morgan fingerprint density at radius 2 is 2.04 bits per heavy atom. The molecule has 1 N–H and O–H groups in total. The molecule has 1 atom stereocenters. The number of methoxy groups -OCH3 is 2. The molecule has 8 heteroatoms. The number of benzene rings is 1. The van der Waals surface area contributed by atoms with Crippen LogP contribution < -0.4 is 14.8 Å². The zero-order valence-electron chi connectivity index (χ0n) is 15.0. The second kappa shape index (κ2) is 6.95. The molecule has 138 valence electrons. The number of rotatable bonds is 5. The number of nitrogens with zero attached hydrogens (tertiary/aromatic N) is 1. The number of hydrogen-bond donors (Lipinski definition) is 1. The number of carbonyl (C=O) groups is 2. The minimum Gasteiger partial charge on any atom is -0.493 e. The summed E-state index contributed by atoms with van der Waals surface area (Å²) >= 11 is 1.31. The molecule has 1 aliphatic rings. The number of thiazole rings is 1. The fourth-order valence-electron chi connectivity index (χ4n) is 2.88. The summed E-state index contributed by atoms with van der Waals surface area (Å²) in [7, 11) is 3.15. The third-order valence-electron chi connectivity index (χ3n) is 4.32. The number of esters is 1. The van der Waals surface area contributed by atoms with Crippen LogP contribution >= 0.6 is 11.3 Å². The van der Waals surface area contributed by atoms with E-state index in [9.17, 15) is 9.59 Å². The standard InChI is InChI=1S/C18H20N2O5S/c1-18(2)11(8-15(21)25-18)16(22)20-17-19-12(9-26-17)10-5-6-13(23-3)14(7-10)24-4/h5-7,9,11H,8H2,1-4H3,(H,19,20,22). The van der Waals surface area contributed by atoms with Crippen molar-refractivity contribution in [2.45, 2.75) is 25.9 Å². The summed E-state index contributed by atoms with van der Waals surface area (Å²) in [5.74, 6) is 0.0675. The number of hydrogen-bond acceptors (Lipinski definition) is 7. The van der Waals surface area contributed by atoms with E-state index in [0.29, 0.717) is 22.3 Å². The van der Waals surface area contributed by atoms with E-state index in [2.05, 4.69) is 10.3 Å². The Kier molecular flexibility index (Phi) is 4.86. The van der Waals surface area contributed by atoms with Gasteiger partial charge in [0.15, 0.2) is 16.6 Å². The van der Waals surface area contributed by atoms with E-state index < -0.39 is 11.5 Å². The highest BCUT2D eigenvalue weighted by Gasteiger charge is 2.46. The Labute approximate surface area is 155 Å². The molecule has 0 bridgehead atoms. The predicted molar refractivity (Wildman–Crippen MR) is 97.6 cm³/mol. The van der Waals surface area contributed by atoms with E-state index in [1.165, 1.54) is 11.3 Å². The van der Waals surface area contributed by atoms with Gasteiger partial charge in [-0.25, -0.2) is 4.98 Å². The molecule has 1 fully saturated rings. The van der Waals surface area contributed by atoms with Crippen molar-refractivity contribution in [3.8, 4) is 22.8 Å². The average molecular weight is 376 g/mol. The minimum absolute atomic E-state index is 0.0761. The van der Waals surface area contributed by atoms with Gasteiger partial charge in [0.1, 0.15) is 5.60 Å². The summed E-state index contributed by atoms with van der Waals surface area (Å²) in [4.78, 5) is 28.4. The van der Waals surface area contributed by atoms with Gasteiger partial charge in [-0.3, -0.25) is 9.59 Å². The largest absolute Gasteiger partial charge is 0.493 e. The lowest BCUT2D eigenvalue weighted by molar-refractivity contribution is -0.147. The molecule has 1 aromatic heterocycles. The van der Waals surface area contributed by atoms with Gasteiger partial charge in [-0.1, -0.05) is 0 Å². The number of ether oxygens (including phenoxy) is 3. The van der Waals surface area contributed by atoms with Crippen molar-refractivity contribution in [3.63, 3.8) is 0 Å². The molecule has 0 aliphatic carbocycles. The summed E-state index contributed by atoms with van der Waals surface area (Å²) in [6.45, 7) is 3.47. The molecule has 1 aliphatic heterocycles. The molecule has 2 aromatic rings. The number of amides is 1. The Hall–Kier alpha value is -2.61. The third kappa shape index (κ3) is 3.50. The maximum Gasteiger partial charge on any atom is 0.307 e. The van der Waals surface area contributed by atoms with Gasteiger partial charge in [0.2, 0.25) is 5.91 Å². The SMILES string of the molecule is COc1ccc(-c2csc(NC(=O)C3CC(=O)OC3(C)C)n2)cc1OC. The fraction of sp³-hybridized carbons (Fsp3) is 0.389. The highest BCUT2D eigenvalue weighted by molar-refractivity contribution is 7.14. The first-order chi connectivity index (χ1) is 12.3. The van der Waals surface area contributed by atoms with Crippen LogP contribution in [0.25, 0.3) is 11.3 Å². The summed E-state index contributed by atoms with van der Waals surface area (Å²) in [5, 5.41) is 5.09. The lowest BCUT2D eigenvalue weighted by Gasteiger charge is -2.23. The molecule has 0 radical (unpaired) electrons. The highest BCUT2D eigenvalue weighted by atomic mass is 32.1. The van der Waals surface area contributed by atoms with Crippen LogP contribution in [0, 0.1) is 5.92 Å². The van der Waals surface area contributed by atoms with Gasteiger partial charge in [-0.2, -0.15) is 0 Å². The summed E-state index contributed by atoms with van der Waals surface area (Å²) in [6.07, 6.45) is 0.0761. The zero-order valence-corrected chi connectivity index (χ0v) is 15.8. The molecule has 3 rings (SSSR count). The minimum atomic E-state index is -0.815. The first-order valence-corrected chi connectivity index (χ1v) is 8.92. The Bertz CT molecular complexity index is 846. The van der Waals surface area contributed by atoms with Crippen molar-refractivity contribution >= 4 is 28.3 Å². The van der Waals surface area contributed by atoms with E-state index in [1.54, 1.807) is 34.1 Å². The lowest BCUT2D eigenvalue weighted by atomic mass is 9.90. The number of cyclic esters (lactones) is 1. The molecular formula is C18H20N2O5S. The van der Waals surface area contributed by atoms with Gasteiger partial charge in [0, 0.05) is 10.9 Å². The van der Waals surface area contributed by atoms with Crippen LogP contribution in [0.2, 0.25) is 0 Å². The molecule has 1 aromatic carbocycles. The Balaban J connectivity index is 1.76. The van der Waals surface area contributed by atoms with Gasteiger partial charge in [-0.15, -0.1) is 11.3 Å². The van der Waals surface area contributed by atoms with Crippen LogP contribution in [0.3, 0.4) is 0 Å². The van der Waals surface area contributed by atoms with Gasteiger partial charge in [0.05, 0.1) is 32.3 Å². The summed E-state index contributed by atoms with van der Waals surface area (Å²) in [6, 6.07) is 5.50. The number of nitrogens with one attached hydrogen (secondary N) is 1. The van der Waals surface area contributed by atoms with Crippen molar-refractivity contribution in [1.82, 2.24) is 4.98 Å². The molecular weight excluding hydrogens is 356 g/mol. The second-order valence-corrected chi connectivity index (χ2v) is 7.29. The van der Waals surface area contributed by atoms with Crippen molar-refractivity contribution in [2.24, 2.45) is 5.92 Å². The fourth-order valence-corrected chi connectivity index (χ4v) is 3.60. The van der Waals surface area contributed by atoms with Crippen molar-refractivity contribution < 1.29 is 23.8 Å². The smallest absolute Gasteiger partial charge is 0.307 e. The Morgan fingerprint density at radius 1 is 1.31 bits per heavy atom. The number of carbonyl (C=O) groups excluding carboxylic acids is 2. The zero-order chi connectivity index (χ0) is 18.9. The number of aromatic nitrogens is 1. The summed E-state index contributed by atoms with van der Waals surface area (Å²) in [5.41, 5.74) is 0.744. The van der Waals surface area contributed by atoms with E-state index in [1.807, 2.05) is 17.5 Å². The average Bonchev–Trinajstić information content (AvgIpc) is 3.17. The van der Waals surface area contributed by atoms with Gasteiger partial charge in [-0.05, 0) is 32.0 Å². The van der Waals surface area contributed by atoms with Gasteiger partial charge >= 0.3 is 5.97 Å². The van der Waals surface area contributed by atoms with Crippen LogP contribution in [0.1, 0.15) is 20.3 Å². The second-order valence-electron chi connectivity index (χ2n) is 6.43. The third-order valence-corrected chi connectivity index (χ3v) is 5.07. The topological polar surface area (TPSA) is 86.8 Å². The maximum atomic E-state index is 12.5. The van der Waals surface area contributed by atoms with E-state index in [0.717, 1.165) is 5.56 Å². The van der Waals surface area contributed by atoms with Crippen molar-refractivity contribution in [3.05, 3.63) is 23.6 Å². The molecule has 7 nitrogen and oxygen atoms in total. The molecule has 1 saturated heterocycles. The lowest BCUT2D eigenvalue weighted by Crippen LogP contribution is -2.36. The summed E-state index contributed by atoms with van der Waals surface area (Å²) < 4.78 is 15.7. The Morgan fingerprint density at radius 3 is 2.65 bits per heavy atom. The monoisotopic (exact) mass is 376 g/mol. The molecule has 26 heavy (non-hydrogen) atoms. The first-order valence-electron chi connectivity index (χ1n) is 8.04. The van der Waals surface area contributed by atoms with Gasteiger partial charge in [0.25, 0.3) is 0 Å². The highest BCUT2D eigenvalue weighted by Crippen LogP contribution is 2.35. The molecule has 2 heterocycles. The molecule has 1 amide bonds. The van der Waals surface area contributed by atoms with Crippen LogP contribution in [0.15, 0.2) is 23.6 Å². The number of anilines is 1. The molecule has 1 unspecified atom stereocenters. The van der Waals surface area contributed by atoms with Crippen molar-refractivity contribution in [1.29, 1.82) is 0 Å². The van der Waals surface area contributed by atoms with Crippen LogP contribution in [0.4, 0.5) is 5.13 Å². The van der Waals surface area contributed by atoms with E-state index >= 15 is 0 Å². The van der Waals surface area contributed by atoms with Crippen LogP contribution in [-0.4, -0.2) is 36.7 Å². The molecule has 0 saturated carbocycles. The normalized spacial score (nSPS) is 18.3. The first kappa shape index (κ1) is 18.2. The van der Waals surface area contributed by atoms with E-state index in [4.69, 9.17) is 14.2 Å². The predicted octanol–water partition coefficient (Wildman–Crippen LogP) is 3.11. The molecule has 0 spiro atoms. The van der Waals surface area contributed by atoms with E-state index in [-0.39, 0.29) is 18.3 Å². The van der Waals surface area contributed by atoms with Crippen LogP contribution in [0.5, 0.6) is 11.5 Å². The van der Waals surface area contributed by atoms with Gasteiger partial charge < -0.3 is 19.5 Å². The van der Waals surface area contributed by atoms with Crippen LogP contribution in [-0.2, 0) is 14.3 Å². The maximum absolute atomic E-state index is 12.5.